The summed E-state index contributed by atoms with van der Waals surface area (Å²) in [5.74, 6) is 3.77. The fourth-order valence-electron chi connectivity index (χ4n) is 3.05. The van der Waals surface area contributed by atoms with E-state index in [2.05, 4.69) is 21.1 Å². The molecule has 0 heterocycles. The second-order valence-corrected chi connectivity index (χ2v) is 7.03. The third kappa shape index (κ3) is 8.34. The molecule has 0 radical (unpaired) electrons. The zero-order chi connectivity index (χ0) is 24.9. The van der Waals surface area contributed by atoms with Gasteiger partial charge in [0.2, 0.25) is 5.91 Å². The number of nitrogens with two attached hydrogens (primary N) is 1. The lowest BCUT2D eigenvalue weighted by atomic mass is 10.0. The molecule has 1 unspecified atom stereocenters. The highest BCUT2D eigenvalue weighted by molar-refractivity contribution is 5.98. The molecule has 2 aromatic carbocycles. The van der Waals surface area contributed by atoms with Crippen LogP contribution in [0.5, 0.6) is 11.5 Å². The first-order chi connectivity index (χ1) is 16.4. The molecular formula is C23H29N5O6. The highest BCUT2D eigenvalue weighted by atomic mass is 16.5. The topological polar surface area (TPSA) is 164 Å². The largest absolute Gasteiger partial charge is 0.494 e. The molecule has 0 saturated carbocycles. The Hall–Kier alpha value is -4.28. The van der Waals surface area contributed by atoms with Gasteiger partial charge in [0.25, 0.3) is 5.91 Å². The van der Waals surface area contributed by atoms with Crippen molar-refractivity contribution in [2.24, 2.45) is 10.9 Å². The van der Waals surface area contributed by atoms with Gasteiger partial charge in [-0.05, 0) is 49.7 Å². The van der Waals surface area contributed by atoms with Crippen LogP contribution in [0.25, 0.3) is 0 Å². The summed E-state index contributed by atoms with van der Waals surface area (Å²) in [7, 11) is 0. The summed E-state index contributed by atoms with van der Waals surface area (Å²) < 4.78 is 11.0. The normalized spacial score (nSPS) is 11.5. The Morgan fingerprint density at radius 1 is 1.09 bits per heavy atom. The quantitative estimate of drug-likeness (QED) is 0.126. The second kappa shape index (κ2) is 13.3. The van der Waals surface area contributed by atoms with Crippen molar-refractivity contribution in [3.8, 4) is 11.5 Å². The summed E-state index contributed by atoms with van der Waals surface area (Å²) in [6.07, 6.45) is 1.27. The molecule has 11 nitrogen and oxygen atoms in total. The molecule has 2 aromatic rings. The summed E-state index contributed by atoms with van der Waals surface area (Å²) in [4.78, 5) is 36.5. The van der Waals surface area contributed by atoms with Crippen LogP contribution in [0.3, 0.4) is 0 Å². The monoisotopic (exact) mass is 471 g/mol. The predicted molar refractivity (Wildman–Crippen MR) is 127 cm³/mol. The number of rotatable bonds is 13. The van der Waals surface area contributed by atoms with E-state index >= 15 is 0 Å². The standard InChI is InChI=1S/C23H29N5O6/c1-3-33-18-8-15(9-19(12-18)34-4-2)10-20(23(31)32)28-21(29)13-25-22(30)16-6-5-7-17(11-16)26-14-27-24/h5-9,11-12,14,20H,3-4,10,13,24H2,1-2H3,(H,25,30)(H,26,27)(H,28,29)(H,31,32). The summed E-state index contributed by atoms with van der Waals surface area (Å²) >= 11 is 0. The summed E-state index contributed by atoms with van der Waals surface area (Å²) in [6.45, 7) is 4.15. The predicted octanol–water partition coefficient (Wildman–Crippen LogP) is 1.34. The van der Waals surface area contributed by atoms with Crippen molar-refractivity contribution in [1.29, 1.82) is 0 Å². The van der Waals surface area contributed by atoms with Crippen LogP contribution in [-0.2, 0) is 16.0 Å². The van der Waals surface area contributed by atoms with Gasteiger partial charge in [0.05, 0.1) is 19.8 Å². The van der Waals surface area contributed by atoms with E-state index in [9.17, 15) is 19.5 Å². The van der Waals surface area contributed by atoms with Crippen molar-refractivity contribution in [2.45, 2.75) is 26.3 Å². The maximum absolute atomic E-state index is 12.4. The number of carbonyl (C=O) groups is 3. The number of anilines is 1. The number of carboxylic acid groups (broad SMARTS) is 1. The summed E-state index contributed by atoms with van der Waals surface area (Å²) in [6, 6.07) is 10.4. The number of nitrogens with zero attached hydrogens (tertiary/aromatic N) is 1. The minimum Gasteiger partial charge on any atom is -0.494 e. The molecule has 0 aliphatic rings. The van der Waals surface area contributed by atoms with E-state index < -0.39 is 30.4 Å². The number of aliphatic carboxylic acids is 1. The zero-order valence-electron chi connectivity index (χ0n) is 19.0. The van der Waals surface area contributed by atoms with Gasteiger partial charge < -0.3 is 36.4 Å². The highest BCUT2D eigenvalue weighted by Crippen LogP contribution is 2.24. The van der Waals surface area contributed by atoms with Crippen molar-refractivity contribution in [3.63, 3.8) is 0 Å². The number of hydrazone groups is 1. The Morgan fingerprint density at radius 2 is 1.76 bits per heavy atom. The number of hydrogen-bond donors (Lipinski definition) is 5. The minimum absolute atomic E-state index is 0.00637. The molecule has 0 fully saturated rings. The number of hydrogen-bond acceptors (Lipinski definition) is 7. The van der Waals surface area contributed by atoms with E-state index in [4.69, 9.17) is 15.3 Å². The van der Waals surface area contributed by atoms with Crippen LogP contribution < -0.4 is 31.3 Å². The summed E-state index contributed by atoms with van der Waals surface area (Å²) in [5, 5.41) is 20.6. The first kappa shape index (κ1) is 26.0. The molecule has 1 atom stereocenters. The van der Waals surface area contributed by atoms with Crippen LogP contribution in [0.2, 0.25) is 0 Å². The fourth-order valence-corrected chi connectivity index (χ4v) is 3.05. The molecule has 0 aliphatic heterocycles. The van der Waals surface area contributed by atoms with Gasteiger partial charge >= 0.3 is 5.97 Å². The van der Waals surface area contributed by atoms with Crippen LogP contribution in [0.4, 0.5) is 5.69 Å². The molecule has 182 valence electrons. The molecule has 0 spiro atoms. The number of nitrogens with one attached hydrogen (secondary N) is 3. The average molecular weight is 472 g/mol. The Labute approximate surface area is 197 Å². The van der Waals surface area contributed by atoms with Gasteiger partial charge in [0.1, 0.15) is 23.9 Å². The molecule has 0 saturated heterocycles. The Kier molecular flexibility index (Phi) is 10.2. The van der Waals surface area contributed by atoms with E-state index in [1.54, 1.807) is 42.5 Å². The van der Waals surface area contributed by atoms with Crippen molar-refractivity contribution in [1.82, 2.24) is 10.6 Å². The van der Waals surface area contributed by atoms with Crippen LogP contribution in [0.1, 0.15) is 29.8 Å². The number of benzene rings is 2. The highest BCUT2D eigenvalue weighted by Gasteiger charge is 2.21. The van der Waals surface area contributed by atoms with Gasteiger partial charge in [0.15, 0.2) is 0 Å². The molecule has 0 aliphatic carbocycles. The van der Waals surface area contributed by atoms with E-state index in [0.29, 0.717) is 41.5 Å². The molecule has 0 aromatic heterocycles. The Morgan fingerprint density at radius 3 is 2.35 bits per heavy atom. The molecule has 11 heteroatoms. The first-order valence-corrected chi connectivity index (χ1v) is 10.6. The van der Waals surface area contributed by atoms with E-state index in [1.165, 1.54) is 6.34 Å². The van der Waals surface area contributed by atoms with Gasteiger partial charge in [-0.15, -0.1) is 0 Å². The van der Waals surface area contributed by atoms with Crippen molar-refractivity contribution < 1.29 is 29.0 Å². The van der Waals surface area contributed by atoms with Gasteiger partial charge in [-0.3, -0.25) is 9.59 Å². The van der Waals surface area contributed by atoms with Crippen LogP contribution in [0.15, 0.2) is 47.6 Å². The van der Waals surface area contributed by atoms with Gasteiger partial charge in [-0.25, -0.2) is 4.79 Å². The molecule has 6 N–H and O–H groups in total. The van der Waals surface area contributed by atoms with Crippen molar-refractivity contribution in [3.05, 3.63) is 53.6 Å². The zero-order valence-corrected chi connectivity index (χ0v) is 19.0. The van der Waals surface area contributed by atoms with E-state index in [0.717, 1.165) is 0 Å². The fraction of sp³-hybridized carbons (Fsp3) is 0.304. The molecule has 2 amide bonds. The van der Waals surface area contributed by atoms with Crippen molar-refractivity contribution >= 4 is 29.8 Å². The maximum Gasteiger partial charge on any atom is 0.326 e. The van der Waals surface area contributed by atoms with Gasteiger partial charge in [-0.1, -0.05) is 6.07 Å². The average Bonchev–Trinajstić information content (AvgIpc) is 2.81. The first-order valence-electron chi connectivity index (χ1n) is 10.6. The number of amides is 2. The van der Waals surface area contributed by atoms with Crippen molar-refractivity contribution in [2.75, 3.05) is 25.1 Å². The van der Waals surface area contributed by atoms with Crippen LogP contribution in [0, 0.1) is 0 Å². The lowest BCUT2D eigenvalue weighted by Crippen LogP contribution is -2.46. The summed E-state index contributed by atoms with van der Waals surface area (Å²) in [5.41, 5.74) is 1.50. The minimum atomic E-state index is -1.21. The third-order valence-electron chi connectivity index (χ3n) is 4.47. The number of carboxylic acids is 1. The van der Waals surface area contributed by atoms with Gasteiger partial charge in [0, 0.05) is 23.7 Å². The third-order valence-corrected chi connectivity index (χ3v) is 4.47. The lowest BCUT2D eigenvalue weighted by Gasteiger charge is -2.17. The molecule has 34 heavy (non-hydrogen) atoms. The SMILES string of the molecule is CCOc1cc(CC(NC(=O)CNC(=O)c2cccc(NC=NN)c2)C(=O)O)cc(OCC)c1. The Bertz CT molecular complexity index is 1000. The Balaban J connectivity index is 2.00. The maximum atomic E-state index is 12.4. The van der Waals surface area contributed by atoms with Crippen LogP contribution >= 0.6 is 0 Å². The second-order valence-electron chi connectivity index (χ2n) is 7.03. The van der Waals surface area contributed by atoms with E-state index in [1.807, 2.05) is 13.8 Å². The molecule has 0 bridgehead atoms. The molecule has 2 rings (SSSR count). The smallest absolute Gasteiger partial charge is 0.326 e. The number of ether oxygens (including phenoxy) is 2. The molecular weight excluding hydrogens is 442 g/mol. The van der Waals surface area contributed by atoms with Crippen LogP contribution in [-0.4, -0.2) is 55.0 Å². The van der Waals surface area contributed by atoms with E-state index in [-0.39, 0.29) is 6.42 Å². The lowest BCUT2D eigenvalue weighted by molar-refractivity contribution is -0.141. The van der Waals surface area contributed by atoms with Gasteiger partial charge in [-0.2, -0.15) is 5.10 Å². The number of carbonyl (C=O) groups excluding carboxylic acids is 2.